The van der Waals surface area contributed by atoms with Crippen molar-refractivity contribution in [3.05, 3.63) is 35.4 Å². The molecule has 0 radical (unpaired) electrons. The fraction of sp³-hybridized carbons (Fsp3) is 0.632. The van der Waals surface area contributed by atoms with E-state index in [0.717, 1.165) is 45.2 Å². The van der Waals surface area contributed by atoms with Crippen LogP contribution < -0.4 is 0 Å². The van der Waals surface area contributed by atoms with Gasteiger partial charge in [-0.3, -0.25) is 4.79 Å². The number of amides is 1. The van der Waals surface area contributed by atoms with Crippen molar-refractivity contribution in [1.82, 2.24) is 4.90 Å². The molecule has 3 heteroatoms. The summed E-state index contributed by atoms with van der Waals surface area (Å²) in [6.45, 7) is 6.44. The highest BCUT2D eigenvalue weighted by Gasteiger charge is 2.45. The summed E-state index contributed by atoms with van der Waals surface area (Å²) >= 11 is 0. The molecule has 2 aliphatic rings. The number of hydrogen-bond donors (Lipinski definition) is 0. The van der Waals surface area contributed by atoms with Crippen LogP contribution in [0.15, 0.2) is 24.3 Å². The molecule has 3 rings (SSSR count). The van der Waals surface area contributed by atoms with E-state index in [2.05, 4.69) is 31.2 Å². The molecule has 22 heavy (non-hydrogen) atoms. The van der Waals surface area contributed by atoms with Gasteiger partial charge in [-0.05, 0) is 51.5 Å². The van der Waals surface area contributed by atoms with Crippen LogP contribution in [0.3, 0.4) is 0 Å². The van der Waals surface area contributed by atoms with Crippen LogP contribution in [0.5, 0.6) is 0 Å². The zero-order chi connectivity index (χ0) is 15.6. The number of nitrogens with zero attached hydrogens (tertiary/aromatic N) is 1. The van der Waals surface area contributed by atoms with Crippen molar-refractivity contribution in [3.63, 3.8) is 0 Å². The third-order valence-electron chi connectivity index (χ3n) is 5.25. The number of benzene rings is 1. The van der Waals surface area contributed by atoms with Crippen molar-refractivity contribution < 1.29 is 9.53 Å². The Bertz CT molecular complexity index is 517. The zero-order valence-electron chi connectivity index (χ0n) is 13.8. The van der Waals surface area contributed by atoms with Crippen molar-refractivity contribution >= 4 is 5.91 Å². The summed E-state index contributed by atoms with van der Waals surface area (Å²) in [6, 6.07) is 8.75. The molecule has 1 heterocycles. The first-order valence-electron chi connectivity index (χ1n) is 8.64. The molecule has 0 N–H and O–H groups in total. The first kappa shape index (κ1) is 15.5. The molecule has 0 bridgehead atoms. The Morgan fingerprint density at radius 3 is 2.59 bits per heavy atom. The molecule has 1 aromatic carbocycles. The Balaban J connectivity index is 1.69. The third-order valence-corrected chi connectivity index (χ3v) is 5.25. The van der Waals surface area contributed by atoms with Gasteiger partial charge in [0, 0.05) is 25.6 Å². The Hall–Kier alpha value is -1.35. The summed E-state index contributed by atoms with van der Waals surface area (Å²) in [7, 11) is 0. The van der Waals surface area contributed by atoms with E-state index in [1.807, 2.05) is 11.8 Å². The van der Waals surface area contributed by atoms with Crippen LogP contribution in [-0.4, -0.2) is 36.1 Å². The second-order valence-electron chi connectivity index (χ2n) is 6.78. The largest absolute Gasteiger partial charge is 0.365 e. The fourth-order valence-corrected chi connectivity index (χ4v) is 3.99. The van der Waals surface area contributed by atoms with E-state index in [4.69, 9.17) is 4.74 Å². The van der Waals surface area contributed by atoms with Crippen LogP contribution in [-0.2, 0) is 9.53 Å². The van der Waals surface area contributed by atoms with Crippen LogP contribution in [0.25, 0.3) is 0 Å². The number of ether oxygens (including phenoxy) is 1. The van der Waals surface area contributed by atoms with Crippen molar-refractivity contribution in [2.24, 2.45) is 0 Å². The van der Waals surface area contributed by atoms with E-state index in [1.54, 1.807) is 0 Å². The van der Waals surface area contributed by atoms with Gasteiger partial charge in [0.15, 0.2) is 0 Å². The lowest BCUT2D eigenvalue weighted by Gasteiger charge is -2.32. The van der Waals surface area contributed by atoms with Crippen LogP contribution in [0.4, 0.5) is 0 Å². The van der Waals surface area contributed by atoms with Crippen LogP contribution in [0, 0.1) is 6.92 Å². The fourth-order valence-electron chi connectivity index (χ4n) is 3.99. The quantitative estimate of drug-likeness (QED) is 0.849. The lowest BCUT2D eigenvalue weighted by molar-refractivity contribution is -0.156. The Morgan fingerprint density at radius 2 is 1.95 bits per heavy atom. The molecule has 1 unspecified atom stereocenters. The van der Waals surface area contributed by atoms with E-state index in [1.165, 1.54) is 11.1 Å². The number of carbonyl (C=O) groups excluding carboxylic acids is 1. The standard InChI is InChI=1S/C19H27NO2/c1-3-22-19(11-4-5-12-19)18(21)20-13-10-17(14-20)16-8-6-15(2)7-9-16/h6-9,17H,3-5,10-14H2,1-2H3. The van der Waals surface area contributed by atoms with Gasteiger partial charge in [-0.2, -0.15) is 0 Å². The summed E-state index contributed by atoms with van der Waals surface area (Å²) in [5.41, 5.74) is 2.13. The van der Waals surface area contributed by atoms with Gasteiger partial charge in [0.1, 0.15) is 5.60 Å². The highest BCUT2D eigenvalue weighted by atomic mass is 16.5. The van der Waals surface area contributed by atoms with Crippen LogP contribution in [0.2, 0.25) is 0 Å². The van der Waals surface area contributed by atoms with Gasteiger partial charge in [-0.15, -0.1) is 0 Å². The highest BCUT2D eigenvalue weighted by Crippen LogP contribution is 2.37. The molecule has 1 aromatic rings. The van der Waals surface area contributed by atoms with E-state index >= 15 is 0 Å². The van der Waals surface area contributed by atoms with E-state index in [0.29, 0.717) is 12.5 Å². The maximum Gasteiger partial charge on any atom is 0.254 e. The first-order chi connectivity index (χ1) is 10.6. The number of likely N-dealkylation sites (tertiary alicyclic amines) is 1. The second-order valence-corrected chi connectivity index (χ2v) is 6.78. The SMILES string of the molecule is CCOC1(C(=O)N2CCC(c3ccc(C)cc3)C2)CCCC1. The van der Waals surface area contributed by atoms with Crippen LogP contribution >= 0.6 is 0 Å². The van der Waals surface area contributed by atoms with Crippen molar-refractivity contribution in [3.8, 4) is 0 Å². The molecule has 1 saturated carbocycles. The molecule has 1 amide bonds. The molecule has 1 atom stereocenters. The summed E-state index contributed by atoms with van der Waals surface area (Å²) in [5.74, 6) is 0.714. The van der Waals surface area contributed by atoms with Crippen molar-refractivity contribution in [2.75, 3.05) is 19.7 Å². The topological polar surface area (TPSA) is 29.5 Å². The summed E-state index contributed by atoms with van der Waals surface area (Å²) in [6.07, 6.45) is 5.08. The normalized spacial score (nSPS) is 23.9. The molecule has 1 aliphatic heterocycles. The molecule has 120 valence electrons. The van der Waals surface area contributed by atoms with Gasteiger partial charge >= 0.3 is 0 Å². The minimum Gasteiger partial charge on any atom is -0.365 e. The number of hydrogen-bond acceptors (Lipinski definition) is 2. The Kier molecular flexibility index (Phi) is 4.53. The van der Waals surface area contributed by atoms with Crippen LogP contribution in [0.1, 0.15) is 56.1 Å². The summed E-state index contributed by atoms with van der Waals surface area (Å²) < 4.78 is 5.93. The van der Waals surface area contributed by atoms with Gasteiger partial charge in [0.2, 0.25) is 0 Å². The smallest absolute Gasteiger partial charge is 0.254 e. The minimum absolute atomic E-state index is 0.237. The molecule has 0 aromatic heterocycles. The number of carbonyl (C=O) groups is 1. The van der Waals surface area contributed by atoms with E-state index < -0.39 is 5.60 Å². The summed E-state index contributed by atoms with van der Waals surface area (Å²) in [4.78, 5) is 15.0. The van der Waals surface area contributed by atoms with Gasteiger partial charge in [0.25, 0.3) is 5.91 Å². The molecule has 0 spiro atoms. The zero-order valence-corrected chi connectivity index (χ0v) is 13.8. The highest BCUT2D eigenvalue weighted by molar-refractivity contribution is 5.86. The summed E-state index contributed by atoms with van der Waals surface area (Å²) in [5, 5.41) is 0. The lowest BCUT2D eigenvalue weighted by Crippen LogP contribution is -2.48. The average molecular weight is 301 g/mol. The number of rotatable bonds is 4. The van der Waals surface area contributed by atoms with Gasteiger partial charge in [-0.1, -0.05) is 29.8 Å². The van der Waals surface area contributed by atoms with Gasteiger partial charge in [-0.25, -0.2) is 0 Å². The Labute approximate surface area is 133 Å². The number of aryl methyl sites for hydroxylation is 1. The van der Waals surface area contributed by atoms with Gasteiger partial charge < -0.3 is 9.64 Å². The van der Waals surface area contributed by atoms with Crippen molar-refractivity contribution in [1.29, 1.82) is 0 Å². The predicted octanol–water partition coefficient (Wildman–Crippen LogP) is 3.66. The van der Waals surface area contributed by atoms with Crippen molar-refractivity contribution in [2.45, 2.75) is 57.5 Å². The predicted molar refractivity (Wildman–Crippen MR) is 87.9 cm³/mol. The molecular formula is C19H27NO2. The molecular weight excluding hydrogens is 274 g/mol. The Morgan fingerprint density at radius 1 is 1.27 bits per heavy atom. The molecule has 3 nitrogen and oxygen atoms in total. The maximum absolute atomic E-state index is 13.0. The van der Waals surface area contributed by atoms with E-state index in [-0.39, 0.29) is 5.91 Å². The van der Waals surface area contributed by atoms with Gasteiger partial charge in [0.05, 0.1) is 0 Å². The van der Waals surface area contributed by atoms with E-state index in [9.17, 15) is 4.79 Å². The minimum atomic E-state index is -0.517. The lowest BCUT2D eigenvalue weighted by atomic mass is 9.97. The molecule has 1 aliphatic carbocycles. The monoisotopic (exact) mass is 301 g/mol. The second kappa shape index (κ2) is 6.41. The average Bonchev–Trinajstić information content (AvgIpc) is 3.18. The third kappa shape index (κ3) is 2.91. The molecule has 2 fully saturated rings. The first-order valence-corrected chi connectivity index (χ1v) is 8.64. The molecule has 1 saturated heterocycles. The maximum atomic E-state index is 13.0.